The maximum absolute atomic E-state index is 12.4. The maximum Gasteiger partial charge on any atom is 0.328 e. The number of nitrogens with two attached hydrogens (primary N) is 1. The second-order valence-corrected chi connectivity index (χ2v) is 6.80. The Labute approximate surface area is 147 Å². The minimum Gasteiger partial charge on any atom is -0.494 e. The average molecular weight is 347 g/mol. The molecule has 0 saturated carbocycles. The van der Waals surface area contributed by atoms with Gasteiger partial charge in [0.25, 0.3) is 5.91 Å². The van der Waals surface area contributed by atoms with Gasteiger partial charge in [-0.1, -0.05) is 6.07 Å². The molecule has 0 unspecified atom stereocenters. The molecule has 0 atom stereocenters. The summed E-state index contributed by atoms with van der Waals surface area (Å²) in [6.07, 6.45) is 0.505. The van der Waals surface area contributed by atoms with Crippen molar-refractivity contribution in [1.29, 1.82) is 0 Å². The van der Waals surface area contributed by atoms with Gasteiger partial charge < -0.3 is 15.4 Å². The topological polar surface area (TPSA) is 92.9 Å². The van der Waals surface area contributed by atoms with Crippen LogP contribution >= 0.6 is 0 Å². The first-order valence-electron chi connectivity index (χ1n) is 8.26. The lowest BCUT2D eigenvalue weighted by Gasteiger charge is -2.26. The van der Waals surface area contributed by atoms with Gasteiger partial charge in [0, 0.05) is 6.54 Å². The first-order chi connectivity index (χ1) is 11.6. The number of ether oxygens (including phenoxy) is 1. The highest BCUT2D eigenvalue weighted by Gasteiger charge is 2.51. The zero-order chi connectivity index (χ0) is 18.8. The number of rotatable bonds is 7. The summed E-state index contributed by atoms with van der Waals surface area (Å²) in [6, 6.07) is 5.35. The van der Waals surface area contributed by atoms with Gasteiger partial charge in [0.05, 0.1) is 6.61 Å². The number of hydrogen-bond acceptors (Lipinski definition) is 4. The van der Waals surface area contributed by atoms with E-state index in [1.807, 2.05) is 32.0 Å². The van der Waals surface area contributed by atoms with Crippen molar-refractivity contribution in [2.24, 2.45) is 5.73 Å². The van der Waals surface area contributed by atoms with Gasteiger partial charge in [-0.3, -0.25) is 14.5 Å². The van der Waals surface area contributed by atoms with Gasteiger partial charge in [0.2, 0.25) is 5.91 Å². The van der Waals surface area contributed by atoms with Gasteiger partial charge in [-0.2, -0.15) is 0 Å². The van der Waals surface area contributed by atoms with E-state index in [2.05, 4.69) is 0 Å². The van der Waals surface area contributed by atoms with Crippen LogP contribution < -0.4 is 10.5 Å². The molecule has 136 valence electrons. The zero-order valence-corrected chi connectivity index (χ0v) is 15.2. The van der Waals surface area contributed by atoms with E-state index in [4.69, 9.17) is 10.5 Å². The molecule has 0 aliphatic carbocycles. The summed E-state index contributed by atoms with van der Waals surface area (Å²) in [6.45, 7) is 7.62. The normalized spacial score (nSPS) is 16.5. The Morgan fingerprint density at radius 2 is 1.88 bits per heavy atom. The second kappa shape index (κ2) is 7.13. The smallest absolute Gasteiger partial charge is 0.328 e. The summed E-state index contributed by atoms with van der Waals surface area (Å²) in [7, 11) is 0. The van der Waals surface area contributed by atoms with E-state index in [0.717, 1.165) is 16.2 Å². The summed E-state index contributed by atoms with van der Waals surface area (Å²) in [4.78, 5) is 38.4. The van der Waals surface area contributed by atoms with Gasteiger partial charge >= 0.3 is 6.03 Å². The first-order valence-corrected chi connectivity index (χ1v) is 8.26. The van der Waals surface area contributed by atoms with Gasteiger partial charge in [0.1, 0.15) is 17.8 Å². The molecule has 7 heteroatoms. The number of nitrogens with zero attached hydrogens (tertiary/aromatic N) is 2. The molecule has 1 aliphatic rings. The molecular weight excluding hydrogens is 322 g/mol. The van der Waals surface area contributed by atoms with Crippen LogP contribution in [0.5, 0.6) is 5.75 Å². The summed E-state index contributed by atoms with van der Waals surface area (Å²) < 4.78 is 5.68. The summed E-state index contributed by atoms with van der Waals surface area (Å²) in [5.41, 5.74) is 6.44. The molecule has 0 spiro atoms. The van der Waals surface area contributed by atoms with Crippen molar-refractivity contribution >= 4 is 17.8 Å². The number of urea groups is 1. The molecule has 1 aromatic rings. The fourth-order valence-electron chi connectivity index (χ4n) is 2.75. The quantitative estimate of drug-likeness (QED) is 0.599. The zero-order valence-electron chi connectivity index (χ0n) is 15.2. The van der Waals surface area contributed by atoms with Crippen molar-refractivity contribution in [3.8, 4) is 5.75 Å². The van der Waals surface area contributed by atoms with Crippen LogP contribution in [0.4, 0.5) is 4.79 Å². The largest absolute Gasteiger partial charge is 0.494 e. The van der Waals surface area contributed by atoms with E-state index in [1.54, 1.807) is 13.8 Å². The lowest BCUT2D eigenvalue weighted by Crippen LogP contribution is -2.47. The Bertz CT molecular complexity index is 700. The average Bonchev–Trinajstić information content (AvgIpc) is 2.68. The Morgan fingerprint density at radius 1 is 1.20 bits per heavy atom. The van der Waals surface area contributed by atoms with Gasteiger partial charge in [-0.05, 0) is 57.4 Å². The van der Waals surface area contributed by atoms with Crippen LogP contribution in [0.1, 0.15) is 31.4 Å². The Morgan fingerprint density at radius 3 is 2.48 bits per heavy atom. The number of primary amides is 1. The van der Waals surface area contributed by atoms with Crippen molar-refractivity contribution < 1.29 is 19.1 Å². The molecule has 0 aromatic heterocycles. The Hall–Kier alpha value is -2.57. The third-order valence-electron chi connectivity index (χ3n) is 4.49. The second-order valence-electron chi connectivity index (χ2n) is 6.80. The highest BCUT2D eigenvalue weighted by Crippen LogP contribution is 2.27. The molecule has 7 nitrogen and oxygen atoms in total. The fourth-order valence-corrected chi connectivity index (χ4v) is 2.75. The molecule has 25 heavy (non-hydrogen) atoms. The van der Waals surface area contributed by atoms with E-state index in [9.17, 15) is 14.4 Å². The predicted molar refractivity (Wildman–Crippen MR) is 93.1 cm³/mol. The summed E-state index contributed by atoms with van der Waals surface area (Å²) in [5, 5.41) is 0. The highest BCUT2D eigenvalue weighted by atomic mass is 16.5. The molecule has 1 saturated heterocycles. The number of benzene rings is 1. The molecule has 1 fully saturated rings. The van der Waals surface area contributed by atoms with Crippen molar-refractivity contribution in [3.63, 3.8) is 0 Å². The van der Waals surface area contributed by atoms with Crippen molar-refractivity contribution in [1.82, 2.24) is 9.80 Å². The fraction of sp³-hybridized carbons (Fsp3) is 0.500. The summed E-state index contributed by atoms with van der Waals surface area (Å²) >= 11 is 0. The number of carbonyl (C=O) groups excluding carboxylic acids is 3. The van der Waals surface area contributed by atoms with Crippen LogP contribution in [0.15, 0.2) is 18.2 Å². The van der Waals surface area contributed by atoms with Gasteiger partial charge in [-0.15, -0.1) is 0 Å². The number of carbonyl (C=O) groups is 3. The molecule has 0 bridgehead atoms. The van der Waals surface area contributed by atoms with E-state index >= 15 is 0 Å². The third-order valence-corrected chi connectivity index (χ3v) is 4.49. The summed E-state index contributed by atoms with van der Waals surface area (Å²) in [5.74, 6) is -0.211. The monoisotopic (exact) mass is 347 g/mol. The Kier molecular flexibility index (Phi) is 5.35. The van der Waals surface area contributed by atoms with Gasteiger partial charge in [0.15, 0.2) is 0 Å². The van der Waals surface area contributed by atoms with Crippen molar-refractivity contribution in [2.45, 2.75) is 39.7 Å². The number of aryl methyl sites for hydroxylation is 2. The van der Waals surface area contributed by atoms with Gasteiger partial charge in [-0.25, -0.2) is 4.79 Å². The third kappa shape index (κ3) is 3.92. The van der Waals surface area contributed by atoms with E-state index < -0.39 is 17.5 Å². The molecule has 1 aliphatic heterocycles. The van der Waals surface area contributed by atoms with E-state index in [-0.39, 0.29) is 19.0 Å². The van der Waals surface area contributed by atoms with Crippen LogP contribution in [0.3, 0.4) is 0 Å². The molecule has 0 radical (unpaired) electrons. The lowest BCUT2D eigenvalue weighted by molar-refractivity contribution is -0.132. The number of amides is 4. The molecule has 2 N–H and O–H groups in total. The van der Waals surface area contributed by atoms with Crippen molar-refractivity contribution in [2.75, 3.05) is 19.7 Å². The molecule has 4 amide bonds. The lowest BCUT2D eigenvalue weighted by atomic mass is 10.0. The molecule has 2 rings (SSSR count). The Balaban J connectivity index is 1.91. The highest BCUT2D eigenvalue weighted by molar-refractivity contribution is 6.07. The first kappa shape index (κ1) is 18.8. The van der Waals surface area contributed by atoms with Crippen LogP contribution in [0, 0.1) is 13.8 Å². The molecule has 1 aromatic carbocycles. The van der Waals surface area contributed by atoms with Crippen LogP contribution in [0.2, 0.25) is 0 Å². The minimum absolute atomic E-state index is 0.237. The van der Waals surface area contributed by atoms with Crippen LogP contribution in [0.25, 0.3) is 0 Å². The van der Waals surface area contributed by atoms with Crippen LogP contribution in [-0.4, -0.2) is 52.9 Å². The number of hydrogen-bond donors (Lipinski definition) is 1. The predicted octanol–water partition coefficient (Wildman–Crippen LogP) is 1.60. The molecular formula is C18H25N3O4. The SMILES string of the molecule is Cc1ccc(OCCCN2C(=O)N(CC(N)=O)C(C)(C)C2=O)cc1C. The van der Waals surface area contributed by atoms with E-state index in [0.29, 0.717) is 13.0 Å². The maximum atomic E-state index is 12.4. The van der Waals surface area contributed by atoms with Crippen molar-refractivity contribution in [3.05, 3.63) is 29.3 Å². The minimum atomic E-state index is -1.07. The standard InChI is InChI=1S/C18H25N3O4/c1-12-6-7-14(10-13(12)2)25-9-5-8-20-16(23)18(3,4)21(17(20)24)11-15(19)22/h6-7,10H,5,8-9,11H2,1-4H3,(H2,19,22). The van der Waals surface area contributed by atoms with E-state index in [1.165, 1.54) is 10.5 Å². The van der Waals surface area contributed by atoms with Crippen LogP contribution in [-0.2, 0) is 9.59 Å². The number of imide groups is 1. The molecule has 1 heterocycles.